The van der Waals surface area contributed by atoms with Gasteiger partial charge in [0.2, 0.25) is 0 Å². The molecule has 4 heteroatoms. The Hall–Kier alpha value is -1.62. The first-order chi connectivity index (χ1) is 9.60. The molecule has 2 N–H and O–H groups in total. The van der Waals surface area contributed by atoms with Gasteiger partial charge in [0, 0.05) is 23.9 Å². The SMILES string of the molecule is C=C1c2ccc(C)cc2C=CN1[C@H]1CC(O)[C@@H](CO)O1. The Morgan fingerprint density at radius 1 is 1.45 bits per heavy atom. The molecule has 0 saturated carbocycles. The van der Waals surface area contributed by atoms with E-state index >= 15 is 0 Å². The molecule has 2 heterocycles. The van der Waals surface area contributed by atoms with Crippen molar-refractivity contribution in [2.75, 3.05) is 6.61 Å². The predicted octanol–water partition coefficient (Wildman–Crippen LogP) is 1.72. The van der Waals surface area contributed by atoms with Gasteiger partial charge >= 0.3 is 0 Å². The molecule has 106 valence electrons. The first kappa shape index (κ1) is 13.4. The Morgan fingerprint density at radius 3 is 2.95 bits per heavy atom. The highest BCUT2D eigenvalue weighted by Gasteiger charge is 2.37. The maximum atomic E-state index is 9.84. The van der Waals surface area contributed by atoms with Gasteiger partial charge in [-0.25, -0.2) is 0 Å². The minimum absolute atomic E-state index is 0.169. The topological polar surface area (TPSA) is 52.9 Å². The number of rotatable bonds is 2. The molecule has 2 aliphatic rings. The summed E-state index contributed by atoms with van der Waals surface area (Å²) in [6.07, 6.45) is 3.00. The Balaban J connectivity index is 1.85. The van der Waals surface area contributed by atoms with Crippen LogP contribution < -0.4 is 0 Å². The zero-order valence-corrected chi connectivity index (χ0v) is 11.5. The van der Waals surface area contributed by atoms with Gasteiger partial charge < -0.3 is 19.8 Å². The Kier molecular flexibility index (Phi) is 3.38. The maximum absolute atomic E-state index is 9.84. The zero-order valence-electron chi connectivity index (χ0n) is 11.5. The molecule has 1 aromatic rings. The van der Waals surface area contributed by atoms with Crippen LogP contribution in [0.25, 0.3) is 11.8 Å². The molecule has 3 atom stereocenters. The van der Waals surface area contributed by atoms with Crippen LogP contribution in [0.1, 0.15) is 23.1 Å². The van der Waals surface area contributed by atoms with Crippen molar-refractivity contribution in [2.45, 2.75) is 31.8 Å². The molecule has 1 fully saturated rings. The van der Waals surface area contributed by atoms with Crippen LogP contribution in [0.5, 0.6) is 0 Å². The van der Waals surface area contributed by atoms with E-state index in [9.17, 15) is 5.11 Å². The third-order valence-corrected chi connectivity index (χ3v) is 3.94. The van der Waals surface area contributed by atoms with Crippen molar-refractivity contribution in [3.8, 4) is 0 Å². The van der Waals surface area contributed by atoms with Crippen LogP contribution in [0.3, 0.4) is 0 Å². The fourth-order valence-corrected chi connectivity index (χ4v) is 2.79. The van der Waals surface area contributed by atoms with E-state index in [2.05, 4.69) is 31.7 Å². The highest BCUT2D eigenvalue weighted by Crippen LogP contribution is 2.34. The number of aliphatic hydroxyl groups excluding tert-OH is 2. The van der Waals surface area contributed by atoms with Crippen molar-refractivity contribution in [3.05, 3.63) is 47.7 Å². The fourth-order valence-electron chi connectivity index (χ4n) is 2.79. The van der Waals surface area contributed by atoms with Crippen molar-refractivity contribution >= 4 is 11.8 Å². The van der Waals surface area contributed by atoms with Crippen molar-refractivity contribution in [3.63, 3.8) is 0 Å². The Labute approximate surface area is 118 Å². The third-order valence-electron chi connectivity index (χ3n) is 3.94. The van der Waals surface area contributed by atoms with Gasteiger partial charge in [-0.15, -0.1) is 0 Å². The summed E-state index contributed by atoms with van der Waals surface area (Å²) in [6, 6.07) is 6.23. The summed E-state index contributed by atoms with van der Waals surface area (Å²) in [5.74, 6) is 0. The monoisotopic (exact) mass is 273 g/mol. The minimum atomic E-state index is -0.634. The van der Waals surface area contributed by atoms with Gasteiger partial charge in [-0.2, -0.15) is 0 Å². The Bertz CT molecular complexity index is 567. The lowest BCUT2D eigenvalue weighted by Crippen LogP contribution is -2.31. The number of benzene rings is 1. The molecule has 2 aliphatic heterocycles. The summed E-state index contributed by atoms with van der Waals surface area (Å²) in [6.45, 7) is 6.03. The second-order valence-electron chi connectivity index (χ2n) is 5.38. The van der Waals surface area contributed by atoms with Crippen LogP contribution in [0, 0.1) is 6.92 Å². The van der Waals surface area contributed by atoms with Gasteiger partial charge in [0.05, 0.1) is 12.7 Å². The van der Waals surface area contributed by atoms with Crippen LogP contribution in [0.2, 0.25) is 0 Å². The van der Waals surface area contributed by atoms with Crippen molar-refractivity contribution in [1.82, 2.24) is 4.90 Å². The third kappa shape index (κ3) is 2.16. The van der Waals surface area contributed by atoms with E-state index in [1.807, 2.05) is 17.2 Å². The highest BCUT2D eigenvalue weighted by atomic mass is 16.5. The highest BCUT2D eigenvalue weighted by molar-refractivity contribution is 5.77. The second kappa shape index (κ2) is 5.05. The lowest BCUT2D eigenvalue weighted by atomic mass is 9.98. The quantitative estimate of drug-likeness (QED) is 0.861. The molecule has 3 rings (SSSR count). The second-order valence-corrected chi connectivity index (χ2v) is 5.38. The maximum Gasteiger partial charge on any atom is 0.137 e. The number of hydrogen-bond donors (Lipinski definition) is 2. The average Bonchev–Trinajstić information content (AvgIpc) is 2.80. The van der Waals surface area contributed by atoms with Gasteiger partial charge in [0.1, 0.15) is 12.3 Å². The first-order valence-electron chi connectivity index (χ1n) is 6.81. The van der Waals surface area contributed by atoms with Gasteiger partial charge in [-0.05, 0) is 18.6 Å². The summed E-state index contributed by atoms with van der Waals surface area (Å²) in [7, 11) is 0. The number of ether oxygens (including phenoxy) is 1. The van der Waals surface area contributed by atoms with Crippen LogP contribution in [0.4, 0.5) is 0 Å². The van der Waals surface area contributed by atoms with E-state index in [-0.39, 0.29) is 12.8 Å². The van der Waals surface area contributed by atoms with E-state index in [1.54, 1.807) is 0 Å². The summed E-state index contributed by atoms with van der Waals surface area (Å²) < 4.78 is 5.69. The molecule has 0 radical (unpaired) electrons. The molecule has 1 unspecified atom stereocenters. The molecule has 0 spiro atoms. The summed E-state index contributed by atoms with van der Waals surface area (Å²) in [5, 5.41) is 19.0. The smallest absolute Gasteiger partial charge is 0.137 e. The van der Waals surface area contributed by atoms with Crippen molar-refractivity contribution < 1.29 is 14.9 Å². The first-order valence-corrected chi connectivity index (χ1v) is 6.81. The molecule has 1 saturated heterocycles. The zero-order chi connectivity index (χ0) is 14.3. The largest absolute Gasteiger partial charge is 0.394 e. The van der Waals surface area contributed by atoms with Gasteiger partial charge in [-0.3, -0.25) is 0 Å². The molecular formula is C16H19NO3. The molecule has 0 amide bonds. The molecule has 0 bridgehead atoms. The molecule has 1 aromatic carbocycles. The summed E-state index contributed by atoms with van der Waals surface area (Å²) in [5.41, 5.74) is 4.29. The molecule has 0 aliphatic carbocycles. The number of nitrogens with zero attached hydrogens (tertiary/aromatic N) is 1. The van der Waals surface area contributed by atoms with Gasteiger partial charge in [0.25, 0.3) is 0 Å². The van der Waals surface area contributed by atoms with Crippen LogP contribution in [0.15, 0.2) is 31.0 Å². The van der Waals surface area contributed by atoms with E-state index < -0.39 is 12.2 Å². The standard InChI is InChI=1S/C16H19NO3/c1-10-3-4-13-11(2)17(6-5-12(13)7-10)16-8-14(19)15(9-18)20-16/h3-7,14-16,18-19H,2,8-9H2,1H3/t14?,15-,16-/m1/s1. The molecule has 4 nitrogen and oxygen atoms in total. The van der Waals surface area contributed by atoms with E-state index in [1.165, 1.54) is 5.56 Å². The molecule has 20 heavy (non-hydrogen) atoms. The van der Waals surface area contributed by atoms with E-state index in [0.29, 0.717) is 6.42 Å². The number of hydrogen-bond acceptors (Lipinski definition) is 4. The summed E-state index contributed by atoms with van der Waals surface area (Å²) >= 11 is 0. The van der Waals surface area contributed by atoms with Crippen LogP contribution in [-0.4, -0.2) is 40.2 Å². The van der Waals surface area contributed by atoms with E-state index in [4.69, 9.17) is 9.84 Å². The van der Waals surface area contributed by atoms with Crippen molar-refractivity contribution in [2.24, 2.45) is 0 Å². The molecule has 0 aromatic heterocycles. The number of aliphatic hydroxyl groups is 2. The fraction of sp³-hybridized carbons (Fsp3) is 0.375. The number of fused-ring (bicyclic) bond motifs is 1. The predicted molar refractivity (Wildman–Crippen MR) is 77.5 cm³/mol. The van der Waals surface area contributed by atoms with Crippen molar-refractivity contribution in [1.29, 1.82) is 0 Å². The average molecular weight is 273 g/mol. The normalized spacial score (nSPS) is 28.9. The minimum Gasteiger partial charge on any atom is -0.394 e. The summed E-state index contributed by atoms with van der Waals surface area (Å²) in [4.78, 5) is 1.93. The van der Waals surface area contributed by atoms with E-state index in [0.717, 1.165) is 16.8 Å². The van der Waals surface area contributed by atoms with Gasteiger partial charge in [0.15, 0.2) is 0 Å². The van der Waals surface area contributed by atoms with Crippen LogP contribution in [-0.2, 0) is 4.74 Å². The number of aryl methyl sites for hydroxylation is 1. The molecular weight excluding hydrogens is 254 g/mol. The lowest BCUT2D eigenvalue weighted by molar-refractivity contribution is -0.0505. The van der Waals surface area contributed by atoms with Gasteiger partial charge in [-0.1, -0.05) is 30.3 Å². The lowest BCUT2D eigenvalue weighted by Gasteiger charge is -2.32. The Morgan fingerprint density at radius 2 is 2.25 bits per heavy atom. The van der Waals surface area contributed by atoms with Crippen LogP contribution >= 0.6 is 0 Å².